The lowest BCUT2D eigenvalue weighted by Gasteiger charge is -2.33. The second kappa shape index (κ2) is 24.6. The Kier molecular flexibility index (Phi) is 20.0. The summed E-state index contributed by atoms with van der Waals surface area (Å²) in [5.74, 6) is 1.59. The molecule has 0 N–H and O–H groups in total. The standard InChI is InChI=1S/C30H34O2.C22H37BO4.C14H9Br.2CH4/c1-29(2,3)19-30(4,5)23-15-16-27(32-20-31-6)26(18-23)28-24-13-9-7-11-21(24)17-22-12-8-10-14-25(22)28;1-19(2,3)14-20(4,5)16-11-12-18(25-15-24-10)17(13-16)23-26-21(6,7)22(8,9)27-23;15-14-12-7-3-1-5-10(12)9-11-6-2-4-8-13(11)14;;/h7-18H,19-20H2,1-6H3;11-13H,14-15H2,1-10H3;1-9H;2*1H4. The monoisotopic (exact) mass is 1090 g/mol. The molecule has 1 fully saturated rings. The molecule has 406 valence electrons. The third-order valence-corrected chi connectivity index (χ3v) is 15.3. The van der Waals surface area contributed by atoms with E-state index < -0.39 is 18.3 Å². The number of methoxy groups -OCH3 is 2. The summed E-state index contributed by atoms with van der Waals surface area (Å²) in [6.07, 6.45) is 2.16. The molecule has 76 heavy (non-hydrogen) atoms. The Bertz CT molecular complexity index is 3090. The van der Waals surface area contributed by atoms with Crippen molar-refractivity contribution in [2.75, 3.05) is 27.8 Å². The van der Waals surface area contributed by atoms with Crippen LogP contribution in [0.4, 0.5) is 0 Å². The SMILES string of the molecule is Brc1c2ccccc2cc2ccccc12.C.C.COCOc1ccc(C(C)(C)CC(C)(C)C)cc1-c1c2ccccc2cc2ccccc12.COCOc1ccc(C(C)(C)CC(C)(C)C)cc1B1OC(C)(C)C(C)(C)O1. The molecule has 8 aromatic carbocycles. The molecule has 0 saturated carbocycles. The molecule has 1 saturated heterocycles. The molecule has 0 unspecified atom stereocenters. The first-order valence-electron chi connectivity index (χ1n) is 26.1. The third-order valence-electron chi connectivity index (χ3n) is 14.4. The van der Waals surface area contributed by atoms with E-state index in [4.69, 9.17) is 28.3 Å². The van der Waals surface area contributed by atoms with Gasteiger partial charge in [0.1, 0.15) is 11.5 Å². The summed E-state index contributed by atoms with van der Waals surface area (Å²) in [5, 5.41) is 10.0. The minimum atomic E-state index is -0.466. The van der Waals surface area contributed by atoms with Gasteiger partial charge >= 0.3 is 7.12 Å². The van der Waals surface area contributed by atoms with Crippen molar-refractivity contribution in [2.24, 2.45) is 10.8 Å². The van der Waals surface area contributed by atoms with E-state index in [2.05, 4.69) is 252 Å². The molecule has 0 amide bonds. The molecule has 0 bridgehead atoms. The zero-order valence-electron chi connectivity index (χ0n) is 47.1. The number of hydrogen-bond donors (Lipinski definition) is 0. The maximum atomic E-state index is 6.30. The van der Waals surface area contributed by atoms with Gasteiger partial charge in [0, 0.05) is 35.3 Å². The zero-order chi connectivity index (χ0) is 53.9. The fourth-order valence-corrected chi connectivity index (χ4v) is 11.6. The van der Waals surface area contributed by atoms with Gasteiger partial charge in [-0.1, -0.05) is 199 Å². The molecule has 0 aromatic heterocycles. The van der Waals surface area contributed by atoms with Gasteiger partial charge < -0.3 is 28.3 Å². The number of halogens is 1. The normalized spacial score (nSPS) is 14.3. The Morgan fingerprint density at radius 3 is 1.22 bits per heavy atom. The van der Waals surface area contributed by atoms with Crippen molar-refractivity contribution in [2.45, 2.75) is 147 Å². The van der Waals surface area contributed by atoms with E-state index in [1.54, 1.807) is 14.2 Å². The molecule has 0 radical (unpaired) electrons. The van der Waals surface area contributed by atoms with Crippen LogP contribution >= 0.6 is 15.9 Å². The average molecular weight is 1090 g/mol. The molecule has 8 aromatic rings. The summed E-state index contributed by atoms with van der Waals surface area (Å²) >= 11 is 3.68. The molecule has 1 aliphatic heterocycles. The predicted molar refractivity (Wildman–Crippen MR) is 331 cm³/mol. The summed E-state index contributed by atoms with van der Waals surface area (Å²) in [6.45, 7) is 31.7. The van der Waals surface area contributed by atoms with Gasteiger partial charge in [-0.15, -0.1) is 0 Å². The van der Waals surface area contributed by atoms with E-state index >= 15 is 0 Å². The van der Waals surface area contributed by atoms with Gasteiger partial charge in [-0.05, 0) is 163 Å². The topological polar surface area (TPSA) is 55.4 Å². The second-order valence-electron chi connectivity index (χ2n) is 24.7. The van der Waals surface area contributed by atoms with Crippen molar-refractivity contribution in [3.8, 4) is 22.6 Å². The predicted octanol–water partition coefficient (Wildman–Crippen LogP) is 19.1. The summed E-state index contributed by atoms with van der Waals surface area (Å²) in [7, 11) is 2.82. The number of ether oxygens (including phenoxy) is 4. The van der Waals surface area contributed by atoms with Crippen LogP contribution in [0.25, 0.3) is 54.2 Å². The first kappa shape index (κ1) is 61.6. The van der Waals surface area contributed by atoms with Gasteiger partial charge in [0.25, 0.3) is 0 Å². The molecule has 1 heterocycles. The fourth-order valence-electron chi connectivity index (χ4n) is 10.9. The van der Waals surface area contributed by atoms with Crippen LogP contribution in [0.3, 0.4) is 0 Å². The fraction of sp³-hybridized carbons (Fsp3) is 0.412. The third kappa shape index (κ3) is 14.5. The van der Waals surface area contributed by atoms with Gasteiger partial charge in [0.05, 0.1) is 11.2 Å². The summed E-state index contributed by atoms with van der Waals surface area (Å²) < 4.78 is 36.0. The molecule has 8 heteroatoms. The Balaban J connectivity index is 0.000000219. The van der Waals surface area contributed by atoms with Crippen LogP contribution in [0.15, 0.2) is 150 Å². The van der Waals surface area contributed by atoms with Crippen molar-refractivity contribution in [1.29, 1.82) is 0 Å². The van der Waals surface area contributed by atoms with Crippen LogP contribution in [0.1, 0.15) is 136 Å². The molecule has 0 spiro atoms. The highest BCUT2D eigenvalue weighted by Gasteiger charge is 2.52. The van der Waals surface area contributed by atoms with E-state index in [9.17, 15) is 0 Å². The van der Waals surface area contributed by atoms with Crippen LogP contribution < -0.4 is 14.9 Å². The van der Waals surface area contributed by atoms with Crippen molar-refractivity contribution in [1.82, 2.24) is 0 Å². The van der Waals surface area contributed by atoms with E-state index in [0.29, 0.717) is 0 Å². The average Bonchev–Trinajstić information content (AvgIpc) is 3.56. The minimum Gasteiger partial charge on any atom is -0.468 e. The number of benzene rings is 8. The van der Waals surface area contributed by atoms with E-state index in [0.717, 1.165) is 35.4 Å². The Labute approximate surface area is 466 Å². The van der Waals surface area contributed by atoms with Crippen LogP contribution in [0, 0.1) is 10.8 Å². The van der Waals surface area contributed by atoms with Crippen molar-refractivity contribution < 1.29 is 28.3 Å². The first-order chi connectivity index (χ1) is 34.7. The van der Waals surface area contributed by atoms with E-state index in [-0.39, 0.29) is 50.1 Å². The largest absolute Gasteiger partial charge is 0.498 e. The molecule has 0 atom stereocenters. The minimum absolute atomic E-state index is 0. The molecule has 1 aliphatic rings. The molecule has 9 rings (SSSR count). The van der Waals surface area contributed by atoms with Gasteiger partial charge in [0.15, 0.2) is 13.6 Å². The molecular formula is C68H88BBrO6. The molecule has 0 aliphatic carbocycles. The smallest absolute Gasteiger partial charge is 0.468 e. The van der Waals surface area contributed by atoms with Crippen LogP contribution in [0.5, 0.6) is 11.5 Å². The van der Waals surface area contributed by atoms with Gasteiger partial charge in [-0.3, -0.25) is 0 Å². The van der Waals surface area contributed by atoms with E-state index in [1.165, 1.54) is 64.3 Å². The lowest BCUT2D eigenvalue weighted by atomic mass is 9.69. The van der Waals surface area contributed by atoms with Crippen LogP contribution in [-0.2, 0) is 29.6 Å². The van der Waals surface area contributed by atoms with Gasteiger partial charge in [-0.2, -0.15) is 0 Å². The first-order valence-corrected chi connectivity index (χ1v) is 26.9. The van der Waals surface area contributed by atoms with Gasteiger partial charge in [-0.25, -0.2) is 0 Å². The molecule has 6 nitrogen and oxygen atoms in total. The van der Waals surface area contributed by atoms with Gasteiger partial charge in [0.2, 0.25) is 0 Å². The molecular weight excluding hydrogens is 1000 g/mol. The summed E-state index contributed by atoms with van der Waals surface area (Å²) in [6, 6.07) is 51.6. The lowest BCUT2D eigenvalue weighted by molar-refractivity contribution is 0.00578. The van der Waals surface area contributed by atoms with Crippen molar-refractivity contribution >= 4 is 71.6 Å². The highest BCUT2D eigenvalue weighted by molar-refractivity contribution is 9.10. The maximum Gasteiger partial charge on any atom is 0.498 e. The van der Waals surface area contributed by atoms with Crippen molar-refractivity contribution in [3.63, 3.8) is 0 Å². The second-order valence-corrected chi connectivity index (χ2v) is 25.5. The highest BCUT2D eigenvalue weighted by Crippen LogP contribution is 2.45. The maximum absolute atomic E-state index is 6.30. The van der Waals surface area contributed by atoms with E-state index in [1.807, 2.05) is 6.07 Å². The zero-order valence-corrected chi connectivity index (χ0v) is 48.7. The number of hydrogen-bond acceptors (Lipinski definition) is 6. The summed E-state index contributed by atoms with van der Waals surface area (Å²) in [5.41, 5.74) is 5.58. The quantitative estimate of drug-likeness (QED) is 0.0690. The number of rotatable bonds is 12. The van der Waals surface area contributed by atoms with Crippen LogP contribution in [-0.4, -0.2) is 46.1 Å². The van der Waals surface area contributed by atoms with Crippen LogP contribution in [0.2, 0.25) is 0 Å². The summed E-state index contributed by atoms with van der Waals surface area (Å²) in [4.78, 5) is 0. The Morgan fingerprint density at radius 1 is 0.461 bits per heavy atom. The Morgan fingerprint density at radius 2 is 0.816 bits per heavy atom. The number of fused-ring (bicyclic) bond motifs is 4. The highest BCUT2D eigenvalue weighted by atomic mass is 79.9. The Hall–Kier alpha value is -5.22. The lowest BCUT2D eigenvalue weighted by Crippen LogP contribution is -2.41. The van der Waals surface area contributed by atoms with Crippen molar-refractivity contribution in [3.05, 3.63) is 161 Å².